The second-order valence-corrected chi connectivity index (χ2v) is 7.05. The Hall–Kier alpha value is -2.77. The number of carbonyl (C=O) groups is 1. The lowest BCUT2D eigenvalue weighted by Crippen LogP contribution is -2.24. The zero-order valence-electron chi connectivity index (χ0n) is 13.8. The number of hydrogen-bond donors (Lipinski definition) is 1. The molecule has 0 saturated carbocycles. The number of rotatable bonds is 4. The largest absolute Gasteiger partial charge is 0.345 e. The minimum atomic E-state index is -0.198. The van der Waals surface area contributed by atoms with Crippen molar-refractivity contribution >= 4 is 34.5 Å². The van der Waals surface area contributed by atoms with Gasteiger partial charge in [-0.15, -0.1) is 11.3 Å². The van der Waals surface area contributed by atoms with Crippen LogP contribution >= 0.6 is 22.9 Å². The van der Waals surface area contributed by atoms with Gasteiger partial charge in [-0.25, -0.2) is 14.5 Å². The average Bonchev–Trinajstić information content (AvgIpc) is 3.30. The number of hydrogen-bond acceptors (Lipinski definition) is 5. The third-order valence-corrected chi connectivity index (χ3v) is 5.09. The zero-order chi connectivity index (χ0) is 18.1. The molecule has 8 heteroatoms. The van der Waals surface area contributed by atoms with Crippen molar-refractivity contribution in [1.29, 1.82) is 0 Å². The van der Waals surface area contributed by atoms with Gasteiger partial charge in [-0.3, -0.25) is 4.79 Å². The third kappa shape index (κ3) is 3.18. The van der Waals surface area contributed by atoms with Crippen molar-refractivity contribution in [2.24, 2.45) is 0 Å². The smallest absolute Gasteiger partial charge is 0.255 e. The first-order valence-corrected chi connectivity index (χ1v) is 9.15. The number of nitrogens with zero attached hydrogens (tertiary/aromatic N) is 4. The van der Waals surface area contributed by atoms with Gasteiger partial charge in [0.25, 0.3) is 5.91 Å². The van der Waals surface area contributed by atoms with Gasteiger partial charge in [0.2, 0.25) is 0 Å². The highest BCUT2D eigenvalue weighted by molar-refractivity contribution is 7.09. The molecule has 0 aliphatic heterocycles. The van der Waals surface area contributed by atoms with E-state index in [-0.39, 0.29) is 5.91 Å². The molecule has 4 aromatic rings. The fourth-order valence-electron chi connectivity index (χ4n) is 2.61. The molecule has 130 valence electrons. The van der Waals surface area contributed by atoms with E-state index in [1.165, 1.54) is 11.3 Å². The van der Waals surface area contributed by atoms with Crippen LogP contribution in [0.5, 0.6) is 0 Å². The van der Waals surface area contributed by atoms with Crippen LogP contribution < -0.4 is 5.32 Å². The summed E-state index contributed by atoms with van der Waals surface area (Å²) >= 11 is 7.41. The minimum absolute atomic E-state index is 0.198. The number of nitrogens with one attached hydrogen (secondary N) is 1. The van der Waals surface area contributed by atoms with Crippen LogP contribution in [-0.2, 0) is 6.54 Å². The Labute approximate surface area is 158 Å². The van der Waals surface area contributed by atoms with Crippen LogP contribution in [0.1, 0.15) is 21.1 Å². The van der Waals surface area contributed by atoms with Gasteiger partial charge >= 0.3 is 0 Å². The molecule has 1 aromatic carbocycles. The Morgan fingerprint density at radius 2 is 2.08 bits per heavy atom. The SMILES string of the molecule is Cc1c(C(=O)NCc2nc(-c3ccc(Cl)cc3)cs2)cnc2ccnn12. The molecule has 0 fully saturated rings. The van der Waals surface area contributed by atoms with Gasteiger partial charge in [0.05, 0.1) is 29.7 Å². The van der Waals surface area contributed by atoms with Crippen molar-refractivity contribution < 1.29 is 4.79 Å². The molecule has 0 atom stereocenters. The van der Waals surface area contributed by atoms with Crippen molar-refractivity contribution in [3.63, 3.8) is 0 Å². The van der Waals surface area contributed by atoms with Gasteiger partial charge < -0.3 is 5.32 Å². The number of amides is 1. The third-order valence-electron chi connectivity index (χ3n) is 3.99. The fourth-order valence-corrected chi connectivity index (χ4v) is 3.48. The maximum Gasteiger partial charge on any atom is 0.255 e. The Morgan fingerprint density at radius 1 is 1.27 bits per heavy atom. The first kappa shape index (κ1) is 16.7. The molecule has 0 spiro atoms. The van der Waals surface area contributed by atoms with E-state index in [4.69, 9.17) is 11.6 Å². The van der Waals surface area contributed by atoms with E-state index in [1.54, 1.807) is 23.0 Å². The van der Waals surface area contributed by atoms with Crippen LogP contribution in [0.2, 0.25) is 5.02 Å². The summed E-state index contributed by atoms with van der Waals surface area (Å²) in [5.74, 6) is -0.198. The van der Waals surface area contributed by atoms with E-state index in [0.29, 0.717) is 22.8 Å². The topological polar surface area (TPSA) is 72.2 Å². The van der Waals surface area contributed by atoms with Crippen molar-refractivity contribution in [2.75, 3.05) is 0 Å². The van der Waals surface area contributed by atoms with Gasteiger partial charge in [-0.1, -0.05) is 23.7 Å². The second kappa shape index (κ2) is 6.86. The van der Waals surface area contributed by atoms with Gasteiger partial charge in [-0.05, 0) is 19.1 Å². The summed E-state index contributed by atoms with van der Waals surface area (Å²) in [6, 6.07) is 9.31. The summed E-state index contributed by atoms with van der Waals surface area (Å²) in [7, 11) is 0. The zero-order valence-corrected chi connectivity index (χ0v) is 15.4. The molecule has 6 nitrogen and oxygen atoms in total. The van der Waals surface area contributed by atoms with E-state index in [9.17, 15) is 4.79 Å². The highest BCUT2D eigenvalue weighted by atomic mass is 35.5. The molecule has 0 saturated heterocycles. The Bertz CT molecular complexity index is 1090. The number of benzene rings is 1. The average molecular weight is 384 g/mol. The van der Waals surface area contributed by atoms with Crippen LogP contribution in [0.4, 0.5) is 0 Å². The molecule has 0 aliphatic carbocycles. The predicted octanol–water partition coefficient (Wildman–Crippen LogP) is 3.74. The summed E-state index contributed by atoms with van der Waals surface area (Å²) in [6.45, 7) is 2.20. The minimum Gasteiger partial charge on any atom is -0.345 e. The van der Waals surface area contributed by atoms with E-state index >= 15 is 0 Å². The van der Waals surface area contributed by atoms with Crippen molar-refractivity contribution in [3.8, 4) is 11.3 Å². The van der Waals surface area contributed by atoms with E-state index < -0.39 is 0 Å². The van der Waals surface area contributed by atoms with Gasteiger partial charge in [0.15, 0.2) is 5.65 Å². The maximum absolute atomic E-state index is 12.5. The summed E-state index contributed by atoms with van der Waals surface area (Å²) in [5, 5.41) is 10.6. The predicted molar refractivity (Wildman–Crippen MR) is 101 cm³/mol. The number of thiazole rings is 1. The number of carbonyl (C=O) groups excluding carboxylic acids is 1. The molecule has 0 radical (unpaired) electrons. The quantitative estimate of drug-likeness (QED) is 0.582. The first-order valence-electron chi connectivity index (χ1n) is 7.90. The van der Waals surface area contributed by atoms with E-state index in [2.05, 4.69) is 20.4 Å². The lowest BCUT2D eigenvalue weighted by Gasteiger charge is -2.07. The fraction of sp³-hybridized carbons (Fsp3) is 0.111. The lowest BCUT2D eigenvalue weighted by molar-refractivity contribution is 0.0949. The summed E-state index contributed by atoms with van der Waals surface area (Å²) < 4.78 is 1.65. The second-order valence-electron chi connectivity index (χ2n) is 5.67. The van der Waals surface area contributed by atoms with E-state index in [1.807, 2.05) is 36.6 Å². The highest BCUT2D eigenvalue weighted by Gasteiger charge is 2.14. The molecule has 0 aliphatic rings. The van der Waals surface area contributed by atoms with Crippen LogP contribution in [0.25, 0.3) is 16.9 Å². The molecule has 0 unspecified atom stereocenters. The van der Waals surface area contributed by atoms with Crippen LogP contribution in [0.15, 0.2) is 48.1 Å². The monoisotopic (exact) mass is 383 g/mol. The number of aryl methyl sites for hydroxylation is 1. The molecule has 4 rings (SSSR count). The van der Waals surface area contributed by atoms with E-state index in [0.717, 1.165) is 22.0 Å². The lowest BCUT2D eigenvalue weighted by atomic mass is 10.2. The van der Waals surface area contributed by atoms with Gasteiger partial charge in [-0.2, -0.15) is 5.10 Å². The molecule has 26 heavy (non-hydrogen) atoms. The number of halogens is 1. The highest BCUT2D eigenvalue weighted by Crippen LogP contribution is 2.23. The van der Waals surface area contributed by atoms with Gasteiger partial charge in [0, 0.05) is 28.2 Å². The molecule has 3 aromatic heterocycles. The molecule has 0 bridgehead atoms. The normalized spacial score (nSPS) is 11.0. The number of aromatic nitrogens is 4. The van der Waals surface area contributed by atoms with Crippen LogP contribution in [-0.4, -0.2) is 25.5 Å². The van der Waals surface area contributed by atoms with Crippen molar-refractivity contribution in [3.05, 3.63) is 69.4 Å². The molecule has 1 amide bonds. The van der Waals surface area contributed by atoms with Crippen molar-refractivity contribution in [2.45, 2.75) is 13.5 Å². The molecule has 1 N–H and O–H groups in total. The number of fused-ring (bicyclic) bond motifs is 1. The van der Waals surface area contributed by atoms with Crippen molar-refractivity contribution in [1.82, 2.24) is 24.9 Å². The Kier molecular flexibility index (Phi) is 4.40. The van der Waals surface area contributed by atoms with Gasteiger partial charge in [0.1, 0.15) is 5.01 Å². The van der Waals surface area contributed by atoms with Crippen LogP contribution in [0.3, 0.4) is 0 Å². The summed E-state index contributed by atoms with van der Waals surface area (Å²) in [5.41, 5.74) is 3.82. The summed E-state index contributed by atoms with van der Waals surface area (Å²) in [4.78, 5) is 21.3. The molecular weight excluding hydrogens is 370 g/mol. The maximum atomic E-state index is 12.5. The van der Waals surface area contributed by atoms with Crippen LogP contribution in [0, 0.1) is 6.92 Å². The first-order chi connectivity index (χ1) is 12.6. The molecular formula is C18H14ClN5OS. The Morgan fingerprint density at radius 3 is 2.88 bits per heavy atom. The standard InChI is InChI=1S/C18H14ClN5OS/c1-11-14(8-20-16-6-7-22-24(11)16)18(25)21-9-17-23-15(10-26-17)12-2-4-13(19)5-3-12/h2-8,10H,9H2,1H3,(H,21,25). The summed E-state index contributed by atoms with van der Waals surface area (Å²) in [6.07, 6.45) is 3.23. The molecule has 3 heterocycles. The Balaban J connectivity index is 1.47.